The van der Waals surface area contributed by atoms with Crippen LogP contribution in [0.1, 0.15) is 19.8 Å². The normalized spacial score (nSPS) is 15.8. The zero-order chi connectivity index (χ0) is 14.1. The van der Waals surface area contributed by atoms with Crippen LogP contribution in [0, 0.1) is 10.1 Å². The molecule has 0 aromatic heterocycles. The summed E-state index contributed by atoms with van der Waals surface area (Å²) < 4.78 is 85.2. The summed E-state index contributed by atoms with van der Waals surface area (Å²) >= 11 is 0. The van der Waals surface area contributed by atoms with E-state index in [0.29, 0.717) is 0 Å². The third-order valence-corrected chi connectivity index (χ3v) is 2.08. The lowest BCUT2D eigenvalue weighted by atomic mass is 10.0. The number of halogens is 7. The van der Waals surface area contributed by atoms with E-state index in [1.54, 1.807) is 0 Å². The lowest BCUT2D eigenvalue weighted by Gasteiger charge is -2.28. The molecule has 0 heterocycles. The number of hydrogen-bond acceptors (Lipinski definition) is 2. The van der Waals surface area contributed by atoms with Gasteiger partial charge in [0.1, 0.15) is 0 Å². The van der Waals surface area contributed by atoms with Crippen LogP contribution < -0.4 is 0 Å². The van der Waals surface area contributed by atoms with Gasteiger partial charge in [0, 0.05) is 11.3 Å². The Morgan fingerprint density at radius 2 is 1.53 bits per heavy atom. The molecule has 0 aromatic carbocycles. The van der Waals surface area contributed by atoms with E-state index in [1.165, 1.54) is 0 Å². The molecule has 102 valence electrons. The van der Waals surface area contributed by atoms with Gasteiger partial charge in [0.05, 0.1) is 6.42 Å². The van der Waals surface area contributed by atoms with Gasteiger partial charge < -0.3 is 0 Å². The number of hydrogen-bond donors (Lipinski definition) is 0. The monoisotopic (exact) mass is 271 g/mol. The molecule has 0 aliphatic rings. The number of nitrogens with zero attached hydrogens (tertiary/aromatic N) is 1. The minimum absolute atomic E-state index is 0.573. The summed E-state index contributed by atoms with van der Waals surface area (Å²) in [7, 11) is 0. The van der Waals surface area contributed by atoms with Gasteiger partial charge in [-0.2, -0.15) is 30.7 Å². The second-order valence-corrected chi connectivity index (χ2v) is 3.33. The molecule has 0 amide bonds. The van der Waals surface area contributed by atoms with Gasteiger partial charge in [-0.15, -0.1) is 0 Å². The molecule has 0 aromatic rings. The molecule has 0 radical (unpaired) electrons. The summed E-state index contributed by atoms with van der Waals surface area (Å²) in [5.74, 6) is -11.8. The summed E-state index contributed by atoms with van der Waals surface area (Å²) in [4.78, 5) is 8.83. The summed E-state index contributed by atoms with van der Waals surface area (Å²) in [6, 6.07) is -2.15. The lowest BCUT2D eigenvalue weighted by Crippen LogP contribution is -2.53. The summed E-state index contributed by atoms with van der Waals surface area (Å²) in [6.45, 7) is 1.04. The maximum absolute atomic E-state index is 12.7. The first-order valence-corrected chi connectivity index (χ1v) is 4.32. The zero-order valence-corrected chi connectivity index (χ0v) is 8.40. The van der Waals surface area contributed by atoms with E-state index >= 15 is 0 Å². The van der Waals surface area contributed by atoms with Crippen molar-refractivity contribution in [1.82, 2.24) is 0 Å². The lowest BCUT2D eigenvalue weighted by molar-refractivity contribution is -0.531. The van der Waals surface area contributed by atoms with Crippen molar-refractivity contribution in [3.05, 3.63) is 10.1 Å². The van der Waals surface area contributed by atoms with Crippen molar-refractivity contribution in [2.24, 2.45) is 0 Å². The van der Waals surface area contributed by atoms with Gasteiger partial charge >= 0.3 is 18.0 Å². The molecular weight excluding hydrogens is 263 g/mol. The molecule has 1 atom stereocenters. The van der Waals surface area contributed by atoms with E-state index in [-0.39, 0.29) is 0 Å². The van der Waals surface area contributed by atoms with Gasteiger partial charge in [0.2, 0.25) is 6.04 Å². The molecule has 0 rings (SSSR count). The molecule has 17 heavy (non-hydrogen) atoms. The van der Waals surface area contributed by atoms with Crippen molar-refractivity contribution >= 4 is 0 Å². The van der Waals surface area contributed by atoms with Crippen molar-refractivity contribution in [2.45, 2.75) is 43.8 Å². The quantitative estimate of drug-likeness (QED) is 0.437. The first-order chi connectivity index (χ1) is 7.37. The van der Waals surface area contributed by atoms with E-state index in [1.807, 2.05) is 0 Å². The largest absolute Gasteiger partial charge is 0.459 e. The Bertz CT molecular complexity index is 288. The Morgan fingerprint density at radius 3 is 1.76 bits per heavy atom. The third-order valence-electron chi connectivity index (χ3n) is 2.08. The van der Waals surface area contributed by atoms with Crippen LogP contribution in [-0.4, -0.2) is 29.0 Å². The van der Waals surface area contributed by atoms with Crippen LogP contribution in [0.3, 0.4) is 0 Å². The topological polar surface area (TPSA) is 43.1 Å². The number of alkyl halides is 7. The van der Waals surface area contributed by atoms with E-state index in [4.69, 9.17) is 0 Å². The smallest absolute Gasteiger partial charge is 0.264 e. The van der Waals surface area contributed by atoms with Crippen LogP contribution in [0.15, 0.2) is 0 Å². The Kier molecular flexibility index (Phi) is 4.35. The van der Waals surface area contributed by atoms with E-state index < -0.39 is 41.8 Å². The van der Waals surface area contributed by atoms with Crippen molar-refractivity contribution in [2.75, 3.05) is 0 Å². The molecule has 0 fully saturated rings. The summed E-state index contributed by atoms with van der Waals surface area (Å²) in [5.41, 5.74) is 0. The molecule has 0 unspecified atom stereocenters. The molecule has 0 aliphatic carbocycles. The highest BCUT2D eigenvalue weighted by Crippen LogP contribution is 2.48. The Hall–Kier alpha value is -1.09. The van der Waals surface area contributed by atoms with Crippen molar-refractivity contribution in [3.8, 4) is 0 Å². The van der Waals surface area contributed by atoms with Crippen molar-refractivity contribution in [1.29, 1.82) is 0 Å². The Morgan fingerprint density at radius 1 is 1.12 bits per heavy atom. The number of nitro groups is 1. The maximum atomic E-state index is 12.7. The standard InChI is InChI=1S/C7H8F7NO2/c1-2-4(15(16)17)3-5(8,9)6(10,11)7(12,13)14/h4H,2-3H2,1H3/t4-/m0/s1. The summed E-state index contributed by atoms with van der Waals surface area (Å²) in [5, 5.41) is 10.1. The fourth-order valence-electron chi connectivity index (χ4n) is 0.999. The Labute approximate surface area is 90.7 Å². The second-order valence-electron chi connectivity index (χ2n) is 3.33. The minimum atomic E-state index is -6.45. The molecule has 0 bridgehead atoms. The van der Waals surface area contributed by atoms with Gasteiger partial charge in [0.25, 0.3) is 0 Å². The molecule has 3 nitrogen and oxygen atoms in total. The van der Waals surface area contributed by atoms with E-state index in [2.05, 4.69) is 0 Å². The van der Waals surface area contributed by atoms with Crippen molar-refractivity contribution < 1.29 is 35.7 Å². The van der Waals surface area contributed by atoms with Gasteiger partial charge in [-0.3, -0.25) is 10.1 Å². The van der Waals surface area contributed by atoms with E-state index in [0.717, 1.165) is 6.92 Å². The van der Waals surface area contributed by atoms with Crippen LogP contribution in [0.4, 0.5) is 30.7 Å². The first-order valence-electron chi connectivity index (χ1n) is 4.32. The minimum Gasteiger partial charge on any atom is -0.264 e. The SMILES string of the molecule is CC[C@@H](CC(F)(F)C(F)(F)C(F)(F)F)[N+](=O)[O-]. The van der Waals surface area contributed by atoms with Gasteiger partial charge in [0.15, 0.2) is 0 Å². The maximum Gasteiger partial charge on any atom is 0.459 e. The van der Waals surface area contributed by atoms with Gasteiger partial charge in [-0.05, 0) is 0 Å². The Balaban J connectivity index is 5.08. The third kappa shape index (κ3) is 3.19. The highest BCUT2D eigenvalue weighted by atomic mass is 19.4. The average Bonchev–Trinajstić information content (AvgIpc) is 2.11. The average molecular weight is 271 g/mol. The number of rotatable bonds is 5. The fourth-order valence-corrected chi connectivity index (χ4v) is 0.999. The van der Waals surface area contributed by atoms with Gasteiger partial charge in [-0.1, -0.05) is 6.92 Å². The van der Waals surface area contributed by atoms with Crippen LogP contribution in [0.2, 0.25) is 0 Å². The van der Waals surface area contributed by atoms with E-state index in [9.17, 15) is 40.8 Å². The van der Waals surface area contributed by atoms with Gasteiger partial charge in [-0.25, -0.2) is 0 Å². The summed E-state index contributed by atoms with van der Waals surface area (Å²) in [6.07, 6.45) is -9.19. The molecular formula is C7H8F7NO2. The highest BCUT2D eigenvalue weighted by Gasteiger charge is 2.73. The molecule has 0 N–H and O–H groups in total. The molecule has 0 aliphatic heterocycles. The fraction of sp³-hybridized carbons (Fsp3) is 1.00. The van der Waals surface area contributed by atoms with Crippen LogP contribution in [0.25, 0.3) is 0 Å². The van der Waals surface area contributed by atoms with Crippen LogP contribution >= 0.6 is 0 Å². The predicted molar refractivity (Wildman–Crippen MR) is 41.6 cm³/mol. The van der Waals surface area contributed by atoms with Crippen LogP contribution in [0.5, 0.6) is 0 Å². The highest BCUT2D eigenvalue weighted by molar-refractivity contribution is 4.92. The molecule has 10 heteroatoms. The second kappa shape index (κ2) is 4.65. The first kappa shape index (κ1) is 15.9. The van der Waals surface area contributed by atoms with Crippen molar-refractivity contribution in [3.63, 3.8) is 0 Å². The molecule has 0 spiro atoms. The molecule has 0 saturated heterocycles. The zero-order valence-electron chi connectivity index (χ0n) is 8.40. The predicted octanol–water partition coefficient (Wildman–Crippen LogP) is 3.26. The van der Waals surface area contributed by atoms with Crippen LogP contribution in [-0.2, 0) is 0 Å². The molecule has 0 saturated carbocycles.